The van der Waals surface area contributed by atoms with Crippen LogP contribution in [0.4, 0.5) is 0 Å². The van der Waals surface area contributed by atoms with Gasteiger partial charge in [-0.3, -0.25) is 9.69 Å². The quantitative estimate of drug-likeness (QED) is 0.726. The van der Waals surface area contributed by atoms with Crippen LogP contribution >= 0.6 is 0 Å². The molecule has 0 spiro atoms. The average Bonchev–Trinajstić information content (AvgIpc) is 2.41. The van der Waals surface area contributed by atoms with Crippen molar-refractivity contribution >= 4 is 5.97 Å². The van der Waals surface area contributed by atoms with Gasteiger partial charge in [0.15, 0.2) is 0 Å². The van der Waals surface area contributed by atoms with E-state index in [1.165, 1.54) is 12.1 Å². The summed E-state index contributed by atoms with van der Waals surface area (Å²) in [6.07, 6.45) is 0. The van der Waals surface area contributed by atoms with Crippen LogP contribution in [0.5, 0.6) is 5.75 Å². The van der Waals surface area contributed by atoms with E-state index in [9.17, 15) is 9.90 Å². The van der Waals surface area contributed by atoms with Gasteiger partial charge in [0, 0.05) is 25.2 Å². The number of benzene rings is 1. The number of aromatic hydroxyl groups is 1. The van der Waals surface area contributed by atoms with Gasteiger partial charge in [0.1, 0.15) is 11.8 Å². The second kappa shape index (κ2) is 6.01. The molecular formula is C13H18N2O4. The van der Waals surface area contributed by atoms with Crippen molar-refractivity contribution in [2.45, 2.75) is 12.6 Å². The molecule has 1 aromatic rings. The first-order chi connectivity index (χ1) is 9.08. The van der Waals surface area contributed by atoms with Gasteiger partial charge in [-0.25, -0.2) is 0 Å². The predicted octanol–water partition coefficient (Wildman–Crippen LogP) is 0.309. The first-order valence-corrected chi connectivity index (χ1v) is 6.18. The zero-order chi connectivity index (χ0) is 13.8. The molecule has 0 unspecified atom stereocenters. The van der Waals surface area contributed by atoms with Gasteiger partial charge in [-0.1, -0.05) is 6.07 Å². The van der Waals surface area contributed by atoms with Crippen molar-refractivity contribution in [2.24, 2.45) is 5.73 Å². The molecule has 0 radical (unpaired) electrons. The Morgan fingerprint density at radius 1 is 1.42 bits per heavy atom. The number of rotatable bonds is 4. The van der Waals surface area contributed by atoms with Crippen LogP contribution in [-0.2, 0) is 16.1 Å². The highest BCUT2D eigenvalue weighted by Gasteiger charge is 2.17. The third kappa shape index (κ3) is 3.44. The Kier molecular flexibility index (Phi) is 4.36. The molecule has 1 aliphatic heterocycles. The molecule has 1 aromatic carbocycles. The van der Waals surface area contributed by atoms with Crippen LogP contribution in [0.15, 0.2) is 18.2 Å². The molecule has 104 valence electrons. The Morgan fingerprint density at radius 3 is 2.74 bits per heavy atom. The zero-order valence-electron chi connectivity index (χ0n) is 10.6. The first kappa shape index (κ1) is 13.8. The summed E-state index contributed by atoms with van der Waals surface area (Å²) in [7, 11) is 0. The number of hydrogen-bond donors (Lipinski definition) is 3. The fourth-order valence-corrected chi connectivity index (χ4v) is 2.07. The maximum atomic E-state index is 10.9. The second-order valence-corrected chi connectivity index (χ2v) is 4.59. The predicted molar refractivity (Wildman–Crippen MR) is 68.8 cm³/mol. The summed E-state index contributed by atoms with van der Waals surface area (Å²) in [5.41, 5.74) is 6.76. The van der Waals surface area contributed by atoms with Crippen molar-refractivity contribution in [3.8, 4) is 5.75 Å². The van der Waals surface area contributed by atoms with Gasteiger partial charge in [0.2, 0.25) is 0 Å². The highest BCUT2D eigenvalue weighted by molar-refractivity contribution is 5.75. The zero-order valence-corrected chi connectivity index (χ0v) is 10.6. The van der Waals surface area contributed by atoms with E-state index in [2.05, 4.69) is 4.90 Å². The van der Waals surface area contributed by atoms with Crippen molar-refractivity contribution < 1.29 is 19.7 Å². The molecule has 6 heteroatoms. The number of aliphatic carboxylic acids is 1. The van der Waals surface area contributed by atoms with Crippen molar-refractivity contribution in [3.05, 3.63) is 29.3 Å². The number of phenolic OH excluding ortho intramolecular Hbond substituents is 1. The summed E-state index contributed by atoms with van der Waals surface area (Å²) in [4.78, 5) is 13.0. The fraction of sp³-hybridized carbons (Fsp3) is 0.462. The van der Waals surface area contributed by atoms with Crippen LogP contribution in [0.3, 0.4) is 0 Å². The highest BCUT2D eigenvalue weighted by Crippen LogP contribution is 2.23. The lowest BCUT2D eigenvalue weighted by Gasteiger charge is -2.27. The summed E-state index contributed by atoms with van der Waals surface area (Å²) in [6, 6.07) is 3.62. The molecule has 0 aliphatic carbocycles. The van der Waals surface area contributed by atoms with Crippen LogP contribution < -0.4 is 5.73 Å². The van der Waals surface area contributed by atoms with Crippen LogP contribution in [0.2, 0.25) is 0 Å². The maximum Gasteiger partial charge on any atom is 0.325 e. The molecule has 0 saturated carbocycles. The SMILES string of the molecule is N[C@H](C(=O)O)c1ccc(O)c(CN2CCOCC2)c1. The minimum absolute atomic E-state index is 0.160. The smallest absolute Gasteiger partial charge is 0.325 e. The molecule has 1 saturated heterocycles. The molecule has 1 atom stereocenters. The van der Waals surface area contributed by atoms with Crippen molar-refractivity contribution in [3.63, 3.8) is 0 Å². The molecule has 6 nitrogen and oxygen atoms in total. The van der Waals surface area contributed by atoms with E-state index < -0.39 is 12.0 Å². The topological polar surface area (TPSA) is 96.0 Å². The molecule has 2 rings (SSSR count). The van der Waals surface area contributed by atoms with Gasteiger partial charge in [0.25, 0.3) is 0 Å². The maximum absolute atomic E-state index is 10.9. The molecule has 19 heavy (non-hydrogen) atoms. The van der Waals surface area contributed by atoms with Gasteiger partial charge in [-0.15, -0.1) is 0 Å². The lowest BCUT2D eigenvalue weighted by Crippen LogP contribution is -2.35. The van der Waals surface area contributed by atoms with Gasteiger partial charge >= 0.3 is 5.97 Å². The van der Waals surface area contributed by atoms with E-state index >= 15 is 0 Å². The normalized spacial score (nSPS) is 18.2. The summed E-state index contributed by atoms with van der Waals surface area (Å²) in [5.74, 6) is -0.921. The largest absolute Gasteiger partial charge is 0.508 e. The van der Waals surface area contributed by atoms with Crippen molar-refractivity contribution in [2.75, 3.05) is 26.3 Å². The Balaban J connectivity index is 2.14. The highest BCUT2D eigenvalue weighted by atomic mass is 16.5. The number of carboxylic acid groups (broad SMARTS) is 1. The second-order valence-electron chi connectivity index (χ2n) is 4.59. The van der Waals surface area contributed by atoms with Crippen LogP contribution in [0.1, 0.15) is 17.2 Å². The average molecular weight is 266 g/mol. The summed E-state index contributed by atoms with van der Waals surface area (Å²) < 4.78 is 5.26. The number of morpholine rings is 1. The van der Waals surface area contributed by atoms with Crippen molar-refractivity contribution in [1.29, 1.82) is 0 Å². The Labute approximate surface area is 111 Å². The third-order valence-corrected chi connectivity index (χ3v) is 3.23. The standard InChI is InChI=1S/C13H18N2O4/c14-12(13(17)18)9-1-2-11(16)10(7-9)8-15-3-5-19-6-4-15/h1-2,7,12,16H,3-6,8,14H2,(H,17,18)/t12-/m0/s1. The van der Waals surface area contributed by atoms with Gasteiger partial charge in [-0.05, 0) is 17.7 Å². The molecule has 1 aliphatic rings. The van der Waals surface area contributed by atoms with Crippen LogP contribution in [0, 0.1) is 0 Å². The molecule has 0 bridgehead atoms. The molecule has 0 aromatic heterocycles. The minimum Gasteiger partial charge on any atom is -0.508 e. The molecule has 1 heterocycles. The van der Waals surface area contributed by atoms with E-state index in [1.807, 2.05) is 0 Å². The van der Waals surface area contributed by atoms with E-state index in [0.717, 1.165) is 13.1 Å². The van der Waals surface area contributed by atoms with E-state index in [4.69, 9.17) is 15.6 Å². The van der Waals surface area contributed by atoms with Gasteiger partial charge < -0.3 is 20.7 Å². The van der Waals surface area contributed by atoms with E-state index in [1.54, 1.807) is 6.07 Å². The Hall–Kier alpha value is -1.63. The molecule has 0 amide bonds. The van der Waals surface area contributed by atoms with E-state index in [0.29, 0.717) is 30.9 Å². The Morgan fingerprint density at radius 2 is 2.11 bits per heavy atom. The number of ether oxygens (including phenoxy) is 1. The first-order valence-electron chi connectivity index (χ1n) is 6.18. The summed E-state index contributed by atoms with van der Waals surface area (Å²) in [6.45, 7) is 3.52. The van der Waals surface area contributed by atoms with Crippen molar-refractivity contribution in [1.82, 2.24) is 4.90 Å². The number of phenols is 1. The number of nitrogens with zero attached hydrogens (tertiary/aromatic N) is 1. The molecule has 4 N–H and O–H groups in total. The fourth-order valence-electron chi connectivity index (χ4n) is 2.07. The van der Waals surface area contributed by atoms with Crippen LogP contribution in [0.25, 0.3) is 0 Å². The summed E-state index contributed by atoms with van der Waals surface area (Å²) >= 11 is 0. The number of nitrogens with two attached hydrogens (primary N) is 1. The number of hydrogen-bond acceptors (Lipinski definition) is 5. The third-order valence-electron chi connectivity index (χ3n) is 3.23. The number of carbonyl (C=O) groups is 1. The van der Waals surface area contributed by atoms with Gasteiger partial charge in [0.05, 0.1) is 13.2 Å². The monoisotopic (exact) mass is 266 g/mol. The lowest BCUT2D eigenvalue weighted by molar-refractivity contribution is -0.138. The van der Waals surface area contributed by atoms with E-state index in [-0.39, 0.29) is 5.75 Å². The Bertz CT molecular complexity index is 458. The minimum atomic E-state index is -1.08. The summed E-state index contributed by atoms with van der Waals surface area (Å²) in [5, 5.41) is 18.7. The number of carboxylic acids is 1. The molecular weight excluding hydrogens is 248 g/mol. The van der Waals surface area contributed by atoms with Gasteiger partial charge in [-0.2, -0.15) is 0 Å². The van der Waals surface area contributed by atoms with Crippen LogP contribution in [-0.4, -0.2) is 47.4 Å². The molecule has 1 fully saturated rings. The lowest BCUT2D eigenvalue weighted by atomic mass is 10.0.